The first-order valence-electron chi connectivity index (χ1n) is 19.9. The number of hydrogen-bond donors (Lipinski definition) is 8. The molecule has 5 amide bonds. The quantitative estimate of drug-likeness (QED) is 0.0670. The zero-order valence-corrected chi connectivity index (χ0v) is 37.2. The number of nitrogen functional groups attached to an aromatic ring is 1. The van der Waals surface area contributed by atoms with Crippen molar-refractivity contribution in [2.45, 2.75) is 119 Å². The van der Waals surface area contributed by atoms with E-state index in [0.29, 0.717) is 17.8 Å². The molecule has 1 aliphatic rings. The molecule has 0 bridgehead atoms. The molecule has 1 fully saturated rings. The van der Waals surface area contributed by atoms with Crippen LogP contribution in [0.1, 0.15) is 92.7 Å². The van der Waals surface area contributed by atoms with Gasteiger partial charge in [0.2, 0.25) is 29.5 Å². The van der Waals surface area contributed by atoms with Gasteiger partial charge in [0.05, 0.1) is 0 Å². The SMILES string of the molecule is CC(=O)N[C@@H](CCC(=O)Nc1cc(C)cc(C)c1)C(=O)O.CC(=O)N[C@@H](CCC(=O)O)C(=O)Nc1cc(C)cc(C)c1.CC(=O)N[C@H]1CCC(=O)OC1=O.Cc1cc(C)cc(N)c1. The highest BCUT2D eigenvalue weighted by Crippen LogP contribution is 2.16. The van der Waals surface area contributed by atoms with E-state index < -0.39 is 53.8 Å². The largest absolute Gasteiger partial charge is 0.481 e. The standard InChI is InChI=1S/2C15H20N2O4.C8H11N.C7H9NO4/c1-9-6-10(2)8-12(7-9)17-15(21)13(16-11(3)18)4-5-14(19)20;1-9-6-10(2)8-12(7-9)17-14(19)5-4-13(15(20)21)16-11(3)18;1-6-3-7(2)5-8(9)4-6;1-4(9)8-5-2-3-6(10)12-7(5)11/h6-8,13H,4-5H2,1-3H3,(H,16,18)(H,17,21)(H,19,20);6-8,13H,4-5H2,1-3H3,(H,16,18)(H,17,19)(H,20,21);3-5H,9H2,1-2H3;5H,2-3H2,1H3,(H,8,9)/t2*13-;;5-/m00.0/s1. The third kappa shape index (κ3) is 24.1. The van der Waals surface area contributed by atoms with Crippen LogP contribution in [0, 0.1) is 41.5 Å². The smallest absolute Gasteiger partial charge is 0.336 e. The van der Waals surface area contributed by atoms with Gasteiger partial charge in [-0.05, 0) is 131 Å². The molecule has 63 heavy (non-hydrogen) atoms. The average molecular weight is 877 g/mol. The highest BCUT2D eigenvalue weighted by molar-refractivity contribution is 5.97. The van der Waals surface area contributed by atoms with E-state index in [1.807, 2.05) is 90.1 Å². The number of aliphatic carboxylic acids is 2. The lowest BCUT2D eigenvalue weighted by atomic mass is 10.1. The summed E-state index contributed by atoms with van der Waals surface area (Å²) >= 11 is 0. The first-order valence-corrected chi connectivity index (χ1v) is 19.9. The van der Waals surface area contributed by atoms with Crippen molar-refractivity contribution >= 4 is 70.5 Å². The Labute approximate surface area is 367 Å². The van der Waals surface area contributed by atoms with Crippen LogP contribution in [-0.2, 0) is 47.9 Å². The van der Waals surface area contributed by atoms with Crippen LogP contribution in [0.5, 0.6) is 0 Å². The summed E-state index contributed by atoms with van der Waals surface area (Å²) in [4.78, 5) is 99.5. The van der Waals surface area contributed by atoms with E-state index in [1.54, 1.807) is 0 Å². The lowest BCUT2D eigenvalue weighted by Crippen LogP contribution is -2.44. The number of carboxylic acid groups (broad SMARTS) is 2. The Hall–Kier alpha value is -7.11. The van der Waals surface area contributed by atoms with Crippen molar-refractivity contribution in [2.75, 3.05) is 16.4 Å². The van der Waals surface area contributed by atoms with Gasteiger partial charge in [-0.25, -0.2) is 9.59 Å². The number of rotatable bonds is 13. The average Bonchev–Trinajstić information content (AvgIpc) is 3.12. The minimum Gasteiger partial charge on any atom is -0.481 e. The summed E-state index contributed by atoms with van der Waals surface area (Å²) < 4.78 is 4.31. The monoisotopic (exact) mass is 876 g/mol. The molecule has 342 valence electrons. The normalized spacial score (nSPS) is 13.5. The van der Waals surface area contributed by atoms with Gasteiger partial charge in [-0.1, -0.05) is 18.2 Å². The molecular formula is C45H60N6O12. The lowest BCUT2D eigenvalue weighted by Gasteiger charge is -2.19. The van der Waals surface area contributed by atoms with Crippen molar-refractivity contribution in [3.63, 3.8) is 0 Å². The van der Waals surface area contributed by atoms with Gasteiger partial charge in [-0.15, -0.1) is 0 Å². The lowest BCUT2D eigenvalue weighted by molar-refractivity contribution is -0.166. The fraction of sp³-hybridized carbons (Fsp3) is 0.400. The molecule has 18 nitrogen and oxygen atoms in total. The maximum Gasteiger partial charge on any atom is 0.336 e. The summed E-state index contributed by atoms with van der Waals surface area (Å²) in [5.41, 5.74) is 14.3. The molecule has 0 unspecified atom stereocenters. The van der Waals surface area contributed by atoms with Gasteiger partial charge in [-0.2, -0.15) is 0 Å². The summed E-state index contributed by atoms with van der Waals surface area (Å²) in [7, 11) is 0. The van der Waals surface area contributed by atoms with Gasteiger partial charge in [-0.3, -0.25) is 33.6 Å². The zero-order valence-electron chi connectivity index (χ0n) is 37.2. The van der Waals surface area contributed by atoms with Crippen LogP contribution in [0.25, 0.3) is 0 Å². The number of hydrogen-bond acceptors (Lipinski definition) is 11. The topological polar surface area (TPSA) is 289 Å². The Morgan fingerprint density at radius 2 is 1.06 bits per heavy atom. The first-order chi connectivity index (χ1) is 29.3. The maximum atomic E-state index is 12.2. The molecule has 18 heteroatoms. The molecule has 1 heterocycles. The zero-order chi connectivity index (χ0) is 48.0. The number of cyclic esters (lactones) is 2. The Bertz CT molecular complexity index is 2050. The van der Waals surface area contributed by atoms with Crippen molar-refractivity contribution in [1.29, 1.82) is 0 Å². The molecule has 1 saturated heterocycles. The molecular weight excluding hydrogens is 817 g/mol. The number of nitrogens with one attached hydrogen (secondary N) is 5. The van der Waals surface area contributed by atoms with Crippen molar-refractivity contribution < 1.29 is 58.1 Å². The second-order valence-electron chi connectivity index (χ2n) is 15.1. The third-order valence-corrected chi connectivity index (χ3v) is 8.43. The Kier molecular flexibility index (Phi) is 23.1. The molecule has 3 aromatic rings. The van der Waals surface area contributed by atoms with Gasteiger partial charge in [0.15, 0.2) is 0 Å². The number of carbonyl (C=O) groups excluding carboxylic acids is 7. The van der Waals surface area contributed by atoms with Gasteiger partial charge in [0.25, 0.3) is 0 Å². The van der Waals surface area contributed by atoms with Crippen molar-refractivity contribution in [2.24, 2.45) is 0 Å². The van der Waals surface area contributed by atoms with E-state index in [2.05, 4.69) is 37.4 Å². The van der Waals surface area contributed by atoms with E-state index in [-0.39, 0.29) is 49.8 Å². The maximum absolute atomic E-state index is 12.2. The fourth-order valence-electron chi connectivity index (χ4n) is 6.11. The Balaban J connectivity index is 0.000000442. The second kappa shape index (κ2) is 27.0. The van der Waals surface area contributed by atoms with Crippen LogP contribution in [-0.4, -0.2) is 81.8 Å². The van der Waals surface area contributed by atoms with Gasteiger partial charge >= 0.3 is 23.9 Å². The molecule has 1 aliphatic heterocycles. The number of esters is 2. The van der Waals surface area contributed by atoms with Crippen LogP contribution in [0.15, 0.2) is 54.6 Å². The highest BCUT2D eigenvalue weighted by Gasteiger charge is 2.29. The third-order valence-electron chi connectivity index (χ3n) is 8.43. The van der Waals surface area contributed by atoms with Crippen LogP contribution in [0.2, 0.25) is 0 Å². The van der Waals surface area contributed by atoms with Gasteiger partial charge in [0, 0.05) is 57.1 Å². The number of carbonyl (C=O) groups is 9. The molecule has 0 aromatic heterocycles. The number of aryl methyl sites for hydroxylation is 6. The highest BCUT2D eigenvalue weighted by atomic mass is 16.6. The molecule has 4 rings (SSSR count). The molecule has 3 aromatic carbocycles. The molecule has 0 saturated carbocycles. The molecule has 0 aliphatic carbocycles. The van der Waals surface area contributed by atoms with E-state index in [0.717, 1.165) is 27.9 Å². The van der Waals surface area contributed by atoms with Gasteiger partial charge in [0.1, 0.15) is 18.1 Å². The Morgan fingerprint density at radius 3 is 1.46 bits per heavy atom. The summed E-state index contributed by atoms with van der Waals surface area (Å²) in [6.45, 7) is 15.6. The van der Waals surface area contributed by atoms with Crippen LogP contribution >= 0.6 is 0 Å². The fourth-order valence-corrected chi connectivity index (χ4v) is 6.11. The van der Waals surface area contributed by atoms with Gasteiger partial charge < -0.3 is 47.3 Å². The van der Waals surface area contributed by atoms with E-state index in [1.165, 1.54) is 31.9 Å². The summed E-state index contributed by atoms with van der Waals surface area (Å²) in [5.74, 6) is -5.16. The number of amides is 5. The predicted molar refractivity (Wildman–Crippen MR) is 236 cm³/mol. The number of ether oxygens (including phenoxy) is 1. The molecule has 3 atom stereocenters. The summed E-state index contributed by atoms with van der Waals surface area (Å²) in [5, 5.41) is 30.2. The summed E-state index contributed by atoms with van der Waals surface area (Å²) in [6, 6.07) is 14.8. The Morgan fingerprint density at radius 1 is 0.635 bits per heavy atom. The second-order valence-corrected chi connectivity index (χ2v) is 15.1. The minimum atomic E-state index is -1.15. The first kappa shape index (κ1) is 53.9. The molecule has 0 radical (unpaired) electrons. The molecule has 9 N–H and O–H groups in total. The van der Waals surface area contributed by atoms with E-state index >= 15 is 0 Å². The van der Waals surface area contributed by atoms with E-state index in [9.17, 15) is 43.2 Å². The van der Waals surface area contributed by atoms with Crippen LogP contribution < -0.4 is 32.3 Å². The van der Waals surface area contributed by atoms with Crippen molar-refractivity contribution in [3.8, 4) is 0 Å². The van der Waals surface area contributed by atoms with E-state index in [4.69, 9.17) is 15.9 Å². The van der Waals surface area contributed by atoms with Crippen LogP contribution in [0.4, 0.5) is 17.1 Å². The van der Waals surface area contributed by atoms with Crippen molar-refractivity contribution in [1.82, 2.24) is 16.0 Å². The predicted octanol–water partition coefficient (Wildman–Crippen LogP) is 4.46. The molecule has 0 spiro atoms. The van der Waals surface area contributed by atoms with Crippen molar-refractivity contribution in [3.05, 3.63) is 88.0 Å². The minimum absolute atomic E-state index is 0.0181. The number of carboxylic acids is 2. The van der Waals surface area contributed by atoms with Crippen LogP contribution in [0.3, 0.4) is 0 Å². The number of anilines is 3. The number of benzene rings is 3. The number of nitrogens with two attached hydrogens (primary N) is 1. The summed E-state index contributed by atoms with van der Waals surface area (Å²) in [6.07, 6.45) is 0.431.